The molecule has 0 saturated carbocycles. The second-order valence-corrected chi connectivity index (χ2v) is 8.89. The first kappa shape index (κ1) is 27.8. The van der Waals surface area contributed by atoms with Crippen molar-refractivity contribution in [3.05, 3.63) is 41.0 Å². The highest BCUT2D eigenvalue weighted by atomic mass is 35.5. The van der Waals surface area contributed by atoms with Gasteiger partial charge in [-0.25, -0.2) is 14.4 Å². The fourth-order valence-electron chi connectivity index (χ4n) is 4.13. The van der Waals surface area contributed by atoms with Crippen LogP contribution in [0.4, 0.5) is 19.0 Å². The molecule has 1 aromatic carbocycles. The van der Waals surface area contributed by atoms with Crippen LogP contribution in [0.2, 0.25) is 5.02 Å². The number of nitrogens with two attached hydrogens (primary N) is 2. The number of rotatable bonds is 4. The number of hydrogen-bond donors (Lipinski definition) is 3. The van der Waals surface area contributed by atoms with E-state index in [-0.39, 0.29) is 17.8 Å². The molecule has 1 atom stereocenters. The van der Waals surface area contributed by atoms with Gasteiger partial charge in [0.1, 0.15) is 5.52 Å². The number of nitrogens with zero attached hydrogens (tertiary/aromatic N) is 6. The Kier molecular flexibility index (Phi) is 7.74. The van der Waals surface area contributed by atoms with Gasteiger partial charge in [0.05, 0.1) is 21.8 Å². The molecule has 1 unspecified atom stereocenters. The molecule has 1 fully saturated rings. The van der Waals surface area contributed by atoms with Crippen LogP contribution in [0, 0.1) is 0 Å². The van der Waals surface area contributed by atoms with Crippen LogP contribution < -0.4 is 11.5 Å². The predicted octanol–water partition coefficient (Wildman–Crippen LogP) is 3.21. The summed E-state index contributed by atoms with van der Waals surface area (Å²) < 4.78 is 38.4. The number of aromatic nitrogens is 5. The third-order valence-electron chi connectivity index (χ3n) is 5.93. The Labute approximate surface area is 223 Å². The summed E-state index contributed by atoms with van der Waals surface area (Å²) in [5.74, 6) is -2.35. The summed E-state index contributed by atoms with van der Waals surface area (Å²) in [5, 5.41) is 15.2. The maximum atomic E-state index is 13.4. The quantitative estimate of drug-likeness (QED) is 0.332. The molecule has 5 N–H and O–H groups in total. The van der Waals surface area contributed by atoms with Crippen LogP contribution in [-0.2, 0) is 11.3 Å². The molecule has 4 aromatic rings. The Bertz CT molecular complexity index is 1540. The van der Waals surface area contributed by atoms with Crippen molar-refractivity contribution in [3.8, 4) is 22.8 Å². The number of nitrogen functional groups attached to an aromatic ring is 1. The van der Waals surface area contributed by atoms with Crippen LogP contribution in [0.1, 0.15) is 23.7 Å². The van der Waals surface area contributed by atoms with Crippen molar-refractivity contribution in [2.45, 2.75) is 32.1 Å². The zero-order valence-electron chi connectivity index (χ0n) is 20.3. The largest absolute Gasteiger partial charge is 0.490 e. The van der Waals surface area contributed by atoms with Gasteiger partial charge in [-0.15, -0.1) is 0 Å². The Morgan fingerprint density at radius 1 is 1.23 bits per heavy atom. The number of benzene rings is 1. The van der Waals surface area contributed by atoms with Crippen molar-refractivity contribution in [3.63, 3.8) is 0 Å². The highest BCUT2D eigenvalue weighted by molar-refractivity contribution is 6.33. The average Bonchev–Trinajstić information content (AvgIpc) is 3.61. The van der Waals surface area contributed by atoms with E-state index in [4.69, 9.17) is 42.6 Å². The van der Waals surface area contributed by atoms with Gasteiger partial charge in [0.15, 0.2) is 17.3 Å². The number of carbonyl (C=O) groups is 2. The lowest BCUT2D eigenvalue weighted by molar-refractivity contribution is -0.192. The number of halogens is 4. The Morgan fingerprint density at radius 3 is 2.46 bits per heavy atom. The van der Waals surface area contributed by atoms with Crippen LogP contribution in [-0.4, -0.2) is 72.0 Å². The summed E-state index contributed by atoms with van der Waals surface area (Å²) >= 11 is 6.47. The third kappa shape index (κ3) is 5.49. The van der Waals surface area contributed by atoms with Crippen molar-refractivity contribution in [1.29, 1.82) is 0 Å². The number of aliphatic carboxylic acids is 1. The maximum absolute atomic E-state index is 13.4. The van der Waals surface area contributed by atoms with Crippen LogP contribution in [0.5, 0.6) is 0 Å². The maximum Gasteiger partial charge on any atom is 0.490 e. The summed E-state index contributed by atoms with van der Waals surface area (Å²) in [6, 6.07) is 7.33. The number of pyridine rings is 1. The van der Waals surface area contributed by atoms with Crippen LogP contribution in [0.25, 0.3) is 33.8 Å². The number of imidazole rings is 1. The van der Waals surface area contributed by atoms with Gasteiger partial charge in [-0.2, -0.15) is 13.2 Å². The van der Waals surface area contributed by atoms with Crippen molar-refractivity contribution >= 4 is 40.3 Å². The van der Waals surface area contributed by atoms with Gasteiger partial charge in [0, 0.05) is 37.4 Å². The number of carboxylic acid groups (broad SMARTS) is 1. The lowest BCUT2D eigenvalue weighted by atomic mass is 10.1. The van der Waals surface area contributed by atoms with Crippen molar-refractivity contribution in [2.24, 2.45) is 5.73 Å². The number of anilines is 1. The number of alkyl halides is 3. The van der Waals surface area contributed by atoms with E-state index in [1.807, 2.05) is 29.7 Å². The standard InChI is InChI=1S/C21H21ClN8O2.C2HF3O2/c1-2-30-18-13(21(31)29-8-7-11(23)10-29)9-25-15(12-5-3-4-6-14(12)22)16(18)26-20(30)17-19(24)28-32-27-17;3-2(4,5)1(6)7/h3-6,9,11H,2,7-8,10,23H2,1H3,(H2,24,28);(H,6,7). The molecule has 5 rings (SSSR count). The van der Waals surface area contributed by atoms with Crippen molar-refractivity contribution in [1.82, 2.24) is 29.7 Å². The Hall–Kier alpha value is -4.24. The van der Waals surface area contributed by atoms with Crippen LogP contribution >= 0.6 is 11.6 Å². The monoisotopic (exact) mass is 566 g/mol. The number of fused-ring (bicyclic) bond motifs is 1. The van der Waals surface area contributed by atoms with E-state index in [1.54, 1.807) is 17.2 Å². The average molecular weight is 567 g/mol. The molecule has 0 radical (unpaired) electrons. The van der Waals surface area contributed by atoms with Crippen LogP contribution in [0.3, 0.4) is 0 Å². The molecule has 0 spiro atoms. The lowest BCUT2D eigenvalue weighted by Crippen LogP contribution is -2.32. The summed E-state index contributed by atoms with van der Waals surface area (Å²) in [7, 11) is 0. The first-order valence-electron chi connectivity index (χ1n) is 11.5. The smallest absolute Gasteiger partial charge is 0.475 e. The number of carboxylic acids is 1. The molecule has 3 aromatic heterocycles. The number of likely N-dealkylation sites (tertiary alicyclic amines) is 1. The van der Waals surface area contributed by atoms with Gasteiger partial charge in [-0.05, 0) is 29.7 Å². The van der Waals surface area contributed by atoms with E-state index in [2.05, 4.69) is 15.3 Å². The molecule has 39 heavy (non-hydrogen) atoms. The van der Waals surface area contributed by atoms with E-state index in [0.717, 1.165) is 6.42 Å². The van der Waals surface area contributed by atoms with Gasteiger partial charge < -0.3 is 26.0 Å². The fraction of sp³-hybridized carbons (Fsp3) is 0.304. The number of aryl methyl sites for hydroxylation is 1. The molecule has 16 heteroatoms. The summed E-state index contributed by atoms with van der Waals surface area (Å²) in [5.41, 5.74) is 15.1. The Morgan fingerprint density at radius 2 is 1.92 bits per heavy atom. The van der Waals surface area contributed by atoms with Crippen LogP contribution in [0.15, 0.2) is 35.1 Å². The molecule has 1 saturated heterocycles. The zero-order valence-corrected chi connectivity index (χ0v) is 21.1. The minimum atomic E-state index is -5.08. The van der Waals surface area contributed by atoms with E-state index in [1.165, 1.54) is 0 Å². The Balaban J connectivity index is 0.000000448. The van der Waals surface area contributed by atoms with Gasteiger partial charge in [0.25, 0.3) is 5.91 Å². The fourth-order valence-corrected chi connectivity index (χ4v) is 4.36. The second kappa shape index (κ2) is 10.9. The predicted molar refractivity (Wildman–Crippen MR) is 134 cm³/mol. The molecule has 0 bridgehead atoms. The minimum Gasteiger partial charge on any atom is -0.475 e. The number of hydrogen-bond acceptors (Lipinski definition) is 9. The van der Waals surface area contributed by atoms with Gasteiger partial charge >= 0.3 is 12.1 Å². The highest BCUT2D eigenvalue weighted by Crippen LogP contribution is 2.36. The summed E-state index contributed by atoms with van der Waals surface area (Å²) in [4.78, 5) is 33.5. The molecule has 1 aliphatic heterocycles. The van der Waals surface area contributed by atoms with Gasteiger partial charge in [-0.3, -0.25) is 9.78 Å². The molecule has 4 heterocycles. The molecule has 1 amide bonds. The molecule has 206 valence electrons. The normalized spacial score (nSPS) is 15.3. The third-order valence-corrected chi connectivity index (χ3v) is 6.26. The second-order valence-electron chi connectivity index (χ2n) is 8.48. The molecular formula is C23H22ClF3N8O4. The van der Waals surface area contributed by atoms with E-state index in [9.17, 15) is 18.0 Å². The lowest BCUT2D eigenvalue weighted by Gasteiger charge is -2.17. The zero-order chi connectivity index (χ0) is 28.5. The molecule has 1 aliphatic rings. The van der Waals surface area contributed by atoms with Crippen molar-refractivity contribution in [2.75, 3.05) is 18.8 Å². The molecular weight excluding hydrogens is 545 g/mol. The van der Waals surface area contributed by atoms with Gasteiger partial charge in [-0.1, -0.05) is 29.8 Å². The summed E-state index contributed by atoms with van der Waals surface area (Å²) in [6.45, 7) is 3.55. The first-order valence-corrected chi connectivity index (χ1v) is 11.9. The number of carbonyl (C=O) groups excluding carboxylic acids is 1. The van der Waals surface area contributed by atoms with Gasteiger partial charge in [0.2, 0.25) is 0 Å². The molecule has 12 nitrogen and oxygen atoms in total. The van der Waals surface area contributed by atoms with Crippen molar-refractivity contribution < 1.29 is 32.5 Å². The first-order chi connectivity index (χ1) is 18.4. The number of amides is 1. The van der Waals surface area contributed by atoms with E-state index >= 15 is 0 Å². The SMILES string of the molecule is CCn1c(-c2nonc2N)nc2c(-c3ccccc3Cl)ncc(C(=O)N3CCC(N)C3)c21.O=C(O)C(F)(F)F. The topological polar surface area (TPSA) is 179 Å². The van der Waals surface area contributed by atoms with E-state index < -0.39 is 12.1 Å². The minimum absolute atomic E-state index is 0.0301. The highest BCUT2D eigenvalue weighted by Gasteiger charge is 2.38. The van der Waals surface area contributed by atoms with E-state index in [0.29, 0.717) is 64.0 Å². The molecule has 0 aliphatic carbocycles. The summed E-state index contributed by atoms with van der Waals surface area (Å²) in [6.07, 6.45) is -2.74.